The topological polar surface area (TPSA) is 66.5 Å². The molecule has 1 atom stereocenters. The number of carbonyl (C=O) groups is 1. The Labute approximate surface area is 171 Å². The van der Waals surface area contributed by atoms with Gasteiger partial charge in [0.05, 0.1) is 5.02 Å². The second-order valence-electron chi connectivity index (χ2n) is 7.46. The molecule has 1 fully saturated rings. The summed E-state index contributed by atoms with van der Waals surface area (Å²) in [6.45, 7) is 6.88. The number of nitrogens with one attached hydrogen (secondary N) is 1. The monoisotopic (exact) mass is 420 g/mol. The molecule has 1 amide bonds. The van der Waals surface area contributed by atoms with E-state index in [-0.39, 0.29) is 21.4 Å². The van der Waals surface area contributed by atoms with Crippen LogP contribution in [0.2, 0.25) is 5.02 Å². The summed E-state index contributed by atoms with van der Waals surface area (Å²) in [6.07, 6.45) is 1.84. The molecule has 3 rings (SSSR count). The lowest BCUT2D eigenvalue weighted by atomic mass is 10.0. The molecule has 0 bridgehead atoms. The van der Waals surface area contributed by atoms with Crippen LogP contribution in [-0.4, -0.2) is 31.7 Å². The quantitative estimate of drug-likeness (QED) is 0.784. The predicted molar refractivity (Wildman–Crippen MR) is 112 cm³/mol. The predicted octanol–water partition coefficient (Wildman–Crippen LogP) is 4.63. The first-order valence-electron chi connectivity index (χ1n) is 9.37. The number of aryl methyl sites for hydroxylation is 1. The van der Waals surface area contributed by atoms with E-state index in [0.717, 1.165) is 24.0 Å². The van der Waals surface area contributed by atoms with Crippen molar-refractivity contribution in [1.29, 1.82) is 0 Å². The minimum absolute atomic E-state index is 0.0168. The summed E-state index contributed by atoms with van der Waals surface area (Å²) >= 11 is 6.21. The van der Waals surface area contributed by atoms with Crippen LogP contribution in [0.15, 0.2) is 41.3 Å². The zero-order valence-electron chi connectivity index (χ0n) is 16.3. The standard InChI is InChI=1S/C21H25ClN2O3S/c1-14-6-5-11-24(13-14)28(26,27)20-12-17(9-10-18(20)22)21(25)23-19-8-4-7-15(2)16(19)3/h4,7-10,12,14H,5-6,11,13H2,1-3H3,(H,23,25). The smallest absolute Gasteiger partial charge is 0.255 e. The maximum absolute atomic E-state index is 13.1. The Morgan fingerprint density at radius 2 is 1.96 bits per heavy atom. The normalized spacial score (nSPS) is 18.1. The van der Waals surface area contributed by atoms with Crippen LogP contribution >= 0.6 is 11.6 Å². The van der Waals surface area contributed by atoms with Crippen LogP contribution in [0, 0.1) is 19.8 Å². The molecule has 7 heteroatoms. The van der Waals surface area contributed by atoms with Gasteiger partial charge in [-0.25, -0.2) is 8.42 Å². The average Bonchev–Trinajstić information content (AvgIpc) is 2.65. The minimum Gasteiger partial charge on any atom is -0.322 e. The van der Waals surface area contributed by atoms with E-state index < -0.39 is 10.0 Å². The summed E-state index contributed by atoms with van der Waals surface area (Å²) in [7, 11) is -3.75. The van der Waals surface area contributed by atoms with Crippen LogP contribution in [0.4, 0.5) is 5.69 Å². The number of rotatable bonds is 4. The van der Waals surface area contributed by atoms with Gasteiger partial charge in [-0.1, -0.05) is 30.7 Å². The maximum atomic E-state index is 13.1. The number of hydrogen-bond acceptors (Lipinski definition) is 3. The van der Waals surface area contributed by atoms with Crippen LogP contribution in [-0.2, 0) is 10.0 Å². The zero-order chi connectivity index (χ0) is 20.5. The third kappa shape index (κ3) is 4.24. The van der Waals surface area contributed by atoms with Gasteiger partial charge in [-0.2, -0.15) is 4.31 Å². The first-order valence-corrected chi connectivity index (χ1v) is 11.2. The van der Waals surface area contributed by atoms with Crippen molar-refractivity contribution in [3.63, 3.8) is 0 Å². The first kappa shape index (κ1) is 20.8. The largest absolute Gasteiger partial charge is 0.322 e. The molecule has 1 unspecified atom stereocenters. The molecule has 0 spiro atoms. The molecule has 5 nitrogen and oxygen atoms in total. The summed E-state index contributed by atoms with van der Waals surface area (Å²) in [6, 6.07) is 10.0. The highest BCUT2D eigenvalue weighted by atomic mass is 35.5. The molecule has 0 aliphatic carbocycles. The lowest BCUT2D eigenvalue weighted by molar-refractivity contribution is 0.102. The van der Waals surface area contributed by atoms with E-state index in [1.165, 1.54) is 16.4 Å². The van der Waals surface area contributed by atoms with Gasteiger partial charge in [0, 0.05) is 24.3 Å². The molecular weight excluding hydrogens is 396 g/mol. The van der Waals surface area contributed by atoms with Crippen molar-refractivity contribution in [2.45, 2.75) is 38.5 Å². The van der Waals surface area contributed by atoms with Crippen molar-refractivity contribution in [1.82, 2.24) is 4.31 Å². The third-order valence-corrected chi connectivity index (χ3v) is 7.63. The van der Waals surface area contributed by atoms with Crippen molar-refractivity contribution in [2.24, 2.45) is 5.92 Å². The number of hydrogen-bond donors (Lipinski definition) is 1. The van der Waals surface area contributed by atoms with Gasteiger partial charge in [0.1, 0.15) is 4.90 Å². The molecule has 2 aromatic carbocycles. The Hall–Kier alpha value is -1.89. The Balaban J connectivity index is 1.90. The highest BCUT2D eigenvalue weighted by Gasteiger charge is 2.31. The molecule has 150 valence electrons. The lowest BCUT2D eigenvalue weighted by Crippen LogP contribution is -2.39. The van der Waals surface area contributed by atoms with E-state index in [4.69, 9.17) is 11.6 Å². The average molecular weight is 421 g/mol. The van der Waals surface area contributed by atoms with Gasteiger partial charge in [-0.15, -0.1) is 0 Å². The van der Waals surface area contributed by atoms with Crippen molar-refractivity contribution in [3.8, 4) is 0 Å². The van der Waals surface area contributed by atoms with Gasteiger partial charge in [-0.05, 0) is 68.0 Å². The molecule has 1 N–H and O–H groups in total. The number of piperidine rings is 1. The molecular formula is C21H25ClN2O3S. The van der Waals surface area contributed by atoms with Crippen LogP contribution in [0.3, 0.4) is 0 Å². The van der Waals surface area contributed by atoms with E-state index >= 15 is 0 Å². The number of nitrogens with zero attached hydrogens (tertiary/aromatic N) is 1. The SMILES string of the molecule is Cc1cccc(NC(=O)c2ccc(Cl)c(S(=O)(=O)N3CCCC(C)C3)c2)c1C. The van der Waals surface area contributed by atoms with Gasteiger partial charge >= 0.3 is 0 Å². The number of benzene rings is 2. The highest BCUT2D eigenvalue weighted by molar-refractivity contribution is 7.89. The lowest BCUT2D eigenvalue weighted by Gasteiger charge is -2.30. The van der Waals surface area contributed by atoms with Gasteiger partial charge in [0.25, 0.3) is 5.91 Å². The number of carbonyl (C=O) groups excluding carboxylic acids is 1. The van der Waals surface area contributed by atoms with Crippen LogP contribution < -0.4 is 5.32 Å². The van der Waals surface area contributed by atoms with Gasteiger partial charge in [0.15, 0.2) is 0 Å². The number of amides is 1. The molecule has 0 aromatic heterocycles. The van der Waals surface area contributed by atoms with Crippen molar-refractivity contribution in [3.05, 3.63) is 58.1 Å². The maximum Gasteiger partial charge on any atom is 0.255 e. The van der Waals surface area contributed by atoms with Gasteiger partial charge < -0.3 is 5.32 Å². The van der Waals surface area contributed by atoms with E-state index in [9.17, 15) is 13.2 Å². The molecule has 0 radical (unpaired) electrons. The molecule has 28 heavy (non-hydrogen) atoms. The van der Waals surface area contributed by atoms with Crippen molar-refractivity contribution < 1.29 is 13.2 Å². The molecule has 0 saturated carbocycles. The Morgan fingerprint density at radius 1 is 1.21 bits per heavy atom. The van der Waals surface area contributed by atoms with Crippen LogP contribution in [0.1, 0.15) is 41.3 Å². The zero-order valence-corrected chi connectivity index (χ0v) is 17.9. The minimum atomic E-state index is -3.75. The van der Waals surface area contributed by atoms with E-state index in [2.05, 4.69) is 5.32 Å². The molecule has 2 aromatic rings. The number of halogens is 1. The van der Waals surface area contributed by atoms with Crippen LogP contribution in [0.25, 0.3) is 0 Å². The summed E-state index contributed by atoms with van der Waals surface area (Å²) in [4.78, 5) is 12.7. The summed E-state index contributed by atoms with van der Waals surface area (Å²) in [5.74, 6) is -0.0630. The molecule has 1 aliphatic rings. The Morgan fingerprint density at radius 3 is 2.68 bits per heavy atom. The molecule has 1 saturated heterocycles. The molecule has 1 aliphatic heterocycles. The fraction of sp³-hybridized carbons (Fsp3) is 0.381. The number of anilines is 1. The van der Waals surface area contributed by atoms with E-state index in [0.29, 0.717) is 24.7 Å². The van der Waals surface area contributed by atoms with Crippen molar-refractivity contribution in [2.75, 3.05) is 18.4 Å². The number of sulfonamides is 1. The van der Waals surface area contributed by atoms with Gasteiger partial charge in [0.2, 0.25) is 10.0 Å². The summed E-state index contributed by atoms with van der Waals surface area (Å²) in [5, 5.41) is 2.99. The first-order chi connectivity index (χ1) is 13.2. The summed E-state index contributed by atoms with van der Waals surface area (Å²) < 4.78 is 27.7. The van der Waals surface area contributed by atoms with Gasteiger partial charge in [-0.3, -0.25) is 4.79 Å². The van der Waals surface area contributed by atoms with Crippen LogP contribution in [0.5, 0.6) is 0 Å². The van der Waals surface area contributed by atoms with E-state index in [1.807, 2.05) is 39.0 Å². The molecule has 1 heterocycles. The highest BCUT2D eigenvalue weighted by Crippen LogP contribution is 2.29. The Kier molecular flexibility index (Phi) is 6.12. The fourth-order valence-corrected chi connectivity index (χ4v) is 5.53. The third-order valence-electron chi connectivity index (χ3n) is 5.28. The second-order valence-corrected chi connectivity index (χ2v) is 9.77. The summed E-state index contributed by atoms with van der Waals surface area (Å²) in [5.41, 5.74) is 3.00. The van der Waals surface area contributed by atoms with Crippen molar-refractivity contribution >= 4 is 33.2 Å². The van der Waals surface area contributed by atoms with E-state index in [1.54, 1.807) is 6.07 Å². The Bertz CT molecular complexity index is 1000. The second kappa shape index (κ2) is 8.23. The fourth-order valence-electron chi connectivity index (χ4n) is 3.43.